The van der Waals surface area contributed by atoms with Crippen LogP contribution >= 0.6 is 0 Å². The second kappa shape index (κ2) is 6.53. The fourth-order valence-electron chi connectivity index (χ4n) is 2.73. The van der Waals surface area contributed by atoms with Gasteiger partial charge in [-0.1, -0.05) is 30.4 Å². The van der Waals surface area contributed by atoms with Crippen LogP contribution in [0.2, 0.25) is 0 Å². The van der Waals surface area contributed by atoms with E-state index < -0.39 is 11.6 Å². The van der Waals surface area contributed by atoms with Crippen LogP contribution in [0.5, 0.6) is 0 Å². The Morgan fingerprint density at radius 1 is 1.45 bits per heavy atom. The van der Waals surface area contributed by atoms with Crippen LogP contribution < -0.4 is 5.32 Å². The Morgan fingerprint density at radius 3 is 2.82 bits per heavy atom. The van der Waals surface area contributed by atoms with Gasteiger partial charge in [0.1, 0.15) is 0 Å². The van der Waals surface area contributed by atoms with Crippen molar-refractivity contribution in [3.05, 3.63) is 42.0 Å². The second-order valence-corrected chi connectivity index (χ2v) is 6.66. The van der Waals surface area contributed by atoms with Crippen molar-refractivity contribution in [3.63, 3.8) is 0 Å². The van der Waals surface area contributed by atoms with Crippen molar-refractivity contribution in [2.75, 3.05) is 13.1 Å². The number of carbonyl (C=O) groups is 1. The van der Waals surface area contributed by atoms with Crippen molar-refractivity contribution in [1.82, 2.24) is 10.2 Å². The lowest BCUT2D eigenvalue weighted by molar-refractivity contribution is 0.0817. The van der Waals surface area contributed by atoms with E-state index in [1.54, 1.807) is 4.90 Å². The minimum absolute atomic E-state index is 0.121. The minimum atomic E-state index is -0.481. The molecule has 2 amide bonds. The van der Waals surface area contributed by atoms with Crippen LogP contribution in [0.1, 0.15) is 44.7 Å². The average Bonchev–Trinajstić information content (AvgIpc) is 2.47. The summed E-state index contributed by atoms with van der Waals surface area (Å²) in [7, 11) is 0. The molecule has 4 nitrogen and oxygen atoms in total. The van der Waals surface area contributed by atoms with Crippen LogP contribution in [-0.2, 0) is 5.54 Å². The van der Waals surface area contributed by atoms with Gasteiger partial charge in [0.05, 0.1) is 11.6 Å². The summed E-state index contributed by atoms with van der Waals surface area (Å²) in [5, 5.41) is 12.8. The number of β-amino-alcohol motifs (C(OH)–C–C–N with tert-alkyl or cyclic N) is 1. The van der Waals surface area contributed by atoms with Gasteiger partial charge in [0.2, 0.25) is 0 Å². The van der Waals surface area contributed by atoms with Crippen molar-refractivity contribution in [2.45, 2.75) is 45.3 Å². The number of amides is 2. The van der Waals surface area contributed by atoms with Crippen LogP contribution in [-0.4, -0.2) is 35.2 Å². The van der Waals surface area contributed by atoms with Crippen LogP contribution in [0, 0.1) is 0 Å². The SMILES string of the molecule is C=C(C)c1cccc(C(C)(C)NC(=O)N2CCCC(O)C2)c1. The van der Waals surface area contributed by atoms with Crippen molar-refractivity contribution in [1.29, 1.82) is 0 Å². The molecule has 0 aromatic heterocycles. The molecule has 2 N–H and O–H groups in total. The van der Waals surface area contributed by atoms with E-state index in [-0.39, 0.29) is 6.03 Å². The molecule has 1 aromatic carbocycles. The van der Waals surface area contributed by atoms with Crippen LogP contribution in [0.15, 0.2) is 30.8 Å². The Balaban J connectivity index is 2.11. The number of benzene rings is 1. The number of piperidine rings is 1. The molecule has 0 spiro atoms. The number of carbonyl (C=O) groups excluding carboxylic acids is 1. The molecule has 1 aliphatic rings. The molecule has 1 aromatic rings. The summed E-state index contributed by atoms with van der Waals surface area (Å²) >= 11 is 0. The number of likely N-dealkylation sites (tertiary alicyclic amines) is 1. The number of allylic oxidation sites excluding steroid dienone is 1. The average molecular weight is 302 g/mol. The maximum atomic E-state index is 12.4. The molecule has 1 aliphatic heterocycles. The summed E-state index contributed by atoms with van der Waals surface area (Å²) in [5.74, 6) is 0. The summed E-state index contributed by atoms with van der Waals surface area (Å²) in [5.41, 5.74) is 2.64. The van der Waals surface area contributed by atoms with E-state index in [2.05, 4.69) is 18.0 Å². The van der Waals surface area contributed by atoms with Crippen LogP contribution in [0.3, 0.4) is 0 Å². The molecule has 1 saturated heterocycles. The Kier molecular flexibility index (Phi) is 4.91. The van der Waals surface area contributed by atoms with E-state index in [1.165, 1.54) is 0 Å². The highest BCUT2D eigenvalue weighted by atomic mass is 16.3. The number of nitrogens with one attached hydrogen (secondary N) is 1. The monoisotopic (exact) mass is 302 g/mol. The van der Waals surface area contributed by atoms with E-state index in [4.69, 9.17) is 0 Å². The van der Waals surface area contributed by atoms with Gasteiger partial charge in [-0.2, -0.15) is 0 Å². The number of hydrogen-bond acceptors (Lipinski definition) is 2. The molecule has 0 bridgehead atoms. The smallest absolute Gasteiger partial charge is 0.318 e. The number of urea groups is 1. The van der Waals surface area contributed by atoms with Gasteiger partial charge in [0, 0.05) is 13.1 Å². The second-order valence-electron chi connectivity index (χ2n) is 6.66. The van der Waals surface area contributed by atoms with Gasteiger partial charge in [-0.3, -0.25) is 0 Å². The Labute approximate surface area is 132 Å². The Hall–Kier alpha value is -1.81. The van der Waals surface area contributed by atoms with E-state index in [1.807, 2.05) is 39.0 Å². The molecular formula is C18H26N2O2. The molecule has 1 atom stereocenters. The molecule has 2 rings (SSSR count). The third kappa shape index (κ3) is 3.89. The van der Waals surface area contributed by atoms with E-state index in [0.29, 0.717) is 13.1 Å². The molecule has 4 heteroatoms. The summed E-state index contributed by atoms with van der Waals surface area (Å²) in [4.78, 5) is 14.1. The molecule has 0 radical (unpaired) electrons. The van der Waals surface area contributed by atoms with Gasteiger partial charge < -0.3 is 15.3 Å². The quantitative estimate of drug-likeness (QED) is 0.901. The zero-order valence-electron chi connectivity index (χ0n) is 13.7. The first-order valence-corrected chi connectivity index (χ1v) is 7.81. The highest BCUT2D eigenvalue weighted by Crippen LogP contribution is 2.24. The van der Waals surface area contributed by atoms with Crippen LogP contribution in [0.25, 0.3) is 5.57 Å². The zero-order chi connectivity index (χ0) is 16.3. The lowest BCUT2D eigenvalue weighted by atomic mass is 9.91. The van der Waals surface area contributed by atoms with Gasteiger partial charge >= 0.3 is 6.03 Å². The molecule has 1 heterocycles. The first-order valence-electron chi connectivity index (χ1n) is 7.81. The number of nitrogens with zero attached hydrogens (tertiary/aromatic N) is 1. The molecule has 0 saturated carbocycles. The maximum absolute atomic E-state index is 12.4. The third-order valence-electron chi connectivity index (χ3n) is 4.18. The summed E-state index contributed by atoms with van der Waals surface area (Å²) in [6, 6.07) is 7.96. The zero-order valence-corrected chi connectivity index (χ0v) is 13.7. The number of hydrogen-bond donors (Lipinski definition) is 2. The predicted octanol–water partition coefficient (Wildman–Crippen LogP) is 3.12. The summed E-state index contributed by atoms with van der Waals surface area (Å²) < 4.78 is 0. The topological polar surface area (TPSA) is 52.6 Å². The fraction of sp³-hybridized carbons (Fsp3) is 0.500. The van der Waals surface area contributed by atoms with Crippen LogP contribution in [0.4, 0.5) is 4.79 Å². The summed E-state index contributed by atoms with van der Waals surface area (Å²) in [6.45, 7) is 11.0. The lowest BCUT2D eigenvalue weighted by Gasteiger charge is -2.35. The van der Waals surface area contributed by atoms with Crippen molar-refractivity contribution < 1.29 is 9.90 Å². The Bertz CT molecular complexity index is 566. The third-order valence-corrected chi connectivity index (χ3v) is 4.18. The van der Waals surface area contributed by atoms with Crippen molar-refractivity contribution in [3.8, 4) is 0 Å². The normalized spacial score (nSPS) is 18.9. The van der Waals surface area contributed by atoms with Gasteiger partial charge in [-0.05, 0) is 50.8 Å². The van der Waals surface area contributed by atoms with Gasteiger partial charge in [-0.25, -0.2) is 4.79 Å². The number of aliphatic hydroxyl groups excluding tert-OH is 1. The van der Waals surface area contributed by atoms with Gasteiger partial charge in [0.15, 0.2) is 0 Å². The van der Waals surface area contributed by atoms with Gasteiger partial charge in [-0.15, -0.1) is 0 Å². The first-order chi connectivity index (χ1) is 10.3. The Morgan fingerprint density at radius 2 is 2.18 bits per heavy atom. The minimum Gasteiger partial charge on any atom is -0.391 e. The molecule has 1 unspecified atom stereocenters. The first kappa shape index (κ1) is 16.6. The number of rotatable bonds is 3. The molecule has 0 aliphatic carbocycles. The van der Waals surface area contributed by atoms with E-state index in [9.17, 15) is 9.90 Å². The number of aliphatic hydroxyl groups is 1. The van der Waals surface area contributed by atoms with E-state index >= 15 is 0 Å². The van der Waals surface area contributed by atoms with E-state index in [0.717, 1.165) is 29.5 Å². The summed E-state index contributed by atoms with van der Waals surface area (Å²) in [6.07, 6.45) is 1.21. The predicted molar refractivity (Wildman–Crippen MR) is 89.5 cm³/mol. The standard InChI is InChI=1S/C18H26N2O2/c1-13(2)14-7-5-8-15(11-14)18(3,4)19-17(22)20-10-6-9-16(21)12-20/h5,7-8,11,16,21H,1,6,9-10,12H2,2-4H3,(H,19,22). The molecular weight excluding hydrogens is 276 g/mol. The largest absolute Gasteiger partial charge is 0.391 e. The fourth-order valence-corrected chi connectivity index (χ4v) is 2.73. The lowest BCUT2D eigenvalue weighted by Crippen LogP contribution is -2.52. The van der Waals surface area contributed by atoms with Crippen molar-refractivity contribution >= 4 is 11.6 Å². The maximum Gasteiger partial charge on any atom is 0.318 e. The highest BCUT2D eigenvalue weighted by molar-refractivity contribution is 5.75. The molecule has 1 fully saturated rings. The van der Waals surface area contributed by atoms with Crippen molar-refractivity contribution in [2.24, 2.45) is 0 Å². The molecule has 120 valence electrons. The van der Waals surface area contributed by atoms with Gasteiger partial charge in [0.25, 0.3) is 0 Å². The molecule has 22 heavy (non-hydrogen) atoms. The highest BCUT2D eigenvalue weighted by Gasteiger charge is 2.28.